The Labute approximate surface area is 157 Å². The van der Waals surface area contributed by atoms with E-state index in [1.54, 1.807) is 28.6 Å². The number of piperazine rings is 1. The molecule has 0 saturated carbocycles. The minimum Gasteiger partial charge on any atom is -0.291 e. The highest BCUT2D eigenvalue weighted by Gasteiger charge is 2.42. The fourth-order valence-corrected chi connectivity index (χ4v) is 5.43. The molecule has 26 heavy (non-hydrogen) atoms. The Balaban J connectivity index is 1.85. The monoisotopic (exact) mass is 372 g/mol. The van der Waals surface area contributed by atoms with Crippen LogP contribution in [-0.2, 0) is 16.6 Å². The van der Waals surface area contributed by atoms with Gasteiger partial charge in [0.2, 0.25) is 10.0 Å². The van der Waals surface area contributed by atoms with Crippen molar-refractivity contribution in [1.29, 1.82) is 0 Å². The molecule has 1 aliphatic heterocycles. The number of rotatable bonds is 6. The van der Waals surface area contributed by atoms with Crippen molar-refractivity contribution < 1.29 is 8.42 Å². The van der Waals surface area contributed by atoms with E-state index in [1.807, 2.05) is 12.1 Å². The van der Waals surface area contributed by atoms with Crippen molar-refractivity contribution in [2.75, 3.05) is 19.6 Å². The summed E-state index contributed by atoms with van der Waals surface area (Å²) < 4.78 is 27.8. The molecule has 0 N–H and O–H groups in total. The smallest absolute Gasteiger partial charge is 0.243 e. The summed E-state index contributed by atoms with van der Waals surface area (Å²) in [7, 11) is -3.44. The maximum Gasteiger partial charge on any atom is 0.243 e. The summed E-state index contributed by atoms with van der Waals surface area (Å²) in [6, 6.07) is 19.2. The largest absolute Gasteiger partial charge is 0.291 e. The molecule has 0 aromatic heterocycles. The minimum absolute atomic E-state index is 0.129. The maximum absolute atomic E-state index is 13.1. The van der Waals surface area contributed by atoms with E-state index in [0.717, 1.165) is 25.9 Å². The van der Waals surface area contributed by atoms with E-state index >= 15 is 0 Å². The number of sulfonamides is 1. The summed E-state index contributed by atoms with van der Waals surface area (Å²) >= 11 is 0. The predicted octanol–water partition coefficient (Wildman–Crippen LogP) is 3.75. The second-order valence-electron chi connectivity index (χ2n) is 6.99. The molecule has 5 heteroatoms. The van der Waals surface area contributed by atoms with Gasteiger partial charge >= 0.3 is 0 Å². The Morgan fingerprint density at radius 2 is 1.46 bits per heavy atom. The lowest BCUT2D eigenvalue weighted by molar-refractivity contribution is 0.0137. The molecule has 1 aliphatic rings. The van der Waals surface area contributed by atoms with E-state index in [-0.39, 0.29) is 5.54 Å². The highest BCUT2D eigenvalue weighted by molar-refractivity contribution is 7.89. The van der Waals surface area contributed by atoms with Crippen molar-refractivity contribution in [3.05, 3.63) is 66.2 Å². The van der Waals surface area contributed by atoms with E-state index < -0.39 is 10.0 Å². The molecule has 1 heterocycles. The third-order valence-corrected chi connectivity index (χ3v) is 7.53. The highest BCUT2D eigenvalue weighted by Crippen LogP contribution is 2.32. The summed E-state index contributed by atoms with van der Waals surface area (Å²) in [6.45, 7) is 7.03. The van der Waals surface area contributed by atoms with E-state index in [4.69, 9.17) is 0 Å². The molecule has 0 radical (unpaired) electrons. The Morgan fingerprint density at radius 1 is 0.885 bits per heavy atom. The molecular weight excluding hydrogens is 344 g/mol. The molecule has 1 saturated heterocycles. The van der Waals surface area contributed by atoms with Crippen LogP contribution < -0.4 is 0 Å². The van der Waals surface area contributed by atoms with E-state index in [9.17, 15) is 8.42 Å². The van der Waals surface area contributed by atoms with Crippen molar-refractivity contribution in [3.63, 3.8) is 0 Å². The third kappa shape index (κ3) is 3.70. The lowest BCUT2D eigenvalue weighted by Crippen LogP contribution is -2.62. The zero-order valence-electron chi connectivity index (χ0n) is 15.6. The lowest BCUT2D eigenvalue weighted by Gasteiger charge is -2.50. The average Bonchev–Trinajstić information content (AvgIpc) is 2.70. The number of nitrogens with zero attached hydrogens (tertiary/aromatic N) is 2. The van der Waals surface area contributed by atoms with Crippen molar-refractivity contribution in [3.8, 4) is 0 Å². The fraction of sp³-hybridized carbons (Fsp3) is 0.429. The molecule has 0 atom stereocenters. The zero-order chi connectivity index (χ0) is 18.6. The maximum atomic E-state index is 13.1. The molecule has 4 nitrogen and oxygen atoms in total. The molecule has 1 fully saturated rings. The molecule has 0 bridgehead atoms. The van der Waals surface area contributed by atoms with Gasteiger partial charge in [0.05, 0.1) is 4.90 Å². The van der Waals surface area contributed by atoms with E-state index in [0.29, 0.717) is 18.0 Å². The van der Waals surface area contributed by atoms with Gasteiger partial charge in [-0.1, -0.05) is 62.4 Å². The van der Waals surface area contributed by atoms with Crippen LogP contribution in [0.5, 0.6) is 0 Å². The summed E-state index contributed by atoms with van der Waals surface area (Å²) in [5.74, 6) is 0. The van der Waals surface area contributed by atoms with Gasteiger partial charge in [-0.15, -0.1) is 0 Å². The van der Waals surface area contributed by atoms with Crippen molar-refractivity contribution in [2.24, 2.45) is 0 Å². The van der Waals surface area contributed by atoms with Crippen LogP contribution in [0.3, 0.4) is 0 Å². The van der Waals surface area contributed by atoms with Crippen LogP contribution in [-0.4, -0.2) is 42.8 Å². The van der Waals surface area contributed by atoms with Crippen LogP contribution in [0.15, 0.2) is 65.6 Å². The molecule has 2 aromatic rings. The molecule has 0 unspecified atom stereocenters. The standard InChI is InChI=1S/C21H28N2O2S/c1-3-21(4-2)18-23(26(24,25)20-13-9-6-10-14-20)16-15-22(21)17-19-11-7-5-8-12-19/h5-14H,3-4,15-18H2,1-2H3. The van der Waals surface area contributed by atoms with Gasteiger partial charge in [0.1, 0.15) is 0 Å². The Hall–Kier alpha value is -1.69. The van der Waals surface area contributed by atoms with Crippen LogP contribution in [0, 0.1) is 0 Å². The van der Waals surface area contributed by atoms with Gasteiger partial charge in [-0.05, 0) is 30.5 Å². The number of benzene rings is 2. The summed E-state index contributed by atoms with van der Waals surface area (Å²) in [4.78, 5) is 2.86. The van der Waals surface area contributed by atoms with E-state index in [2.05, 4.69) is 43.0 Å². The summed E-state index contributed by atoms with van der Waals surface area (Å²) in [5, 5.41) is 0. The second-order valence-corrected chi connectivity index (χ2v) is 8.93. The van der Waals surface area contributed by atoms with Crippen molar-refractivity contribution in [1.82, 2.24) is 9.21 Å². The molecule has 0 amide bonds. The van der Waals surface area contributed by atoms with Crippen molar-refractivity contribution >= 4 is 10.0 Å². The normalized spacial score (nSPS) is 18.7. The van der Waals surface area contributed by atoms with Crippen LogP contribution in [0.2, 0.25) is 0 Å². The molecule has 0 spiro atoms. The number of hydrogen-bond donors (Lipinski definition) is 0. The van der Waals surface area contributed by atoms with Crippen LogP contribution in [0.1, 0.15) is 32.3 Å². The SMILES string of the molecule is CCC1(CC)CN(S(=O)(=O)c2ccccc2)CCN1Cc1ccccc1. The average molecular weight is 373 g/mol. The molecule has 3 rings (SSSR count). The molecule has 2 aromatic carbocycles. The first-order valence-corrected chi connectivity index (χ1v) is 10.8. The second kappa shape index (κ2) is 7.91. The van der Waals surface area contributed by atoms with Gasteiger partial charge in [0, 0.05) is 31.7 Å². The van der Waals surface area contributed by atoms with Crippen molar-refractivity contribution in [2.45, 2.75) is 43.7 Å². The quantitative estimate of drug-likeness (QED) is 0.775. The first-order chi connectivity index (χ1) is 12.5. The number of hydrogen-bond acceptors (Lipinski definition) is 3. The van der Waals surface area contributed by atoms with Crippen LogP contribution in [0.4, 0.5) is 0 Å². The molecular formula is C21H28N2O2S. The summed E-state index contributed by atoms with van der Waals surface area (Å²) in [5.41, 5.74) is 1.15. The topological polar surface area (TPSA) is 40.6 Å². The van der Waals surface area contributed by atoms with Crippen LogP contribution in [0.25, 0.3) is 0 Å². The molecule has 0 aliphatic carbocycles. The van der Waals surface area contributed by atoms with Gasteiger partial charge in [0.25, 0.3) is 0 Å². The highest BCUT2D eigenvalue weighted by atomic mass is 32.2. The Bertz CT molecular complexity index is 802. The third-order valence-electron chi connectivity index (χ3n) is 5.67. The van der Waals surface area contributed by atoms with Gasteiger partial charge in [0.15, 0.2) is 0 Å². The summed E-state index contributed by atoms with van der Waals surface area (Å²) in [6.07, 6.45) is 1.86. The zero-order valence-corrected chi connectivity index (χ0v) is 16.5. The lowest BCUT2D eigenvalue weighted by atomic mass is 9.88. The first-order valence-electron chi connectivity index (χ1n) is 9.36. The van der Waals surface area contributed by atoms with Gasteiger partial charge in [-0.2, -0.15) is 4.31 Å². The van der Waals surface area contributed by atoms with Gasteiger partial charge in [-0.25, -0.2) is 8.42 Å². The first kappa shape index (κ1) is 19.1. The van der Waals surface area contributed by atoms with E-state index in [1.165, 1.54) is 5.56 Å². The van der Waals surface area contributed by atoms with Gasteiger partial charge < -0.3 is 0 Å². The Morgan fingerprint density at radius 3 is 2.04 bits per heavy atom. The van der Waals surface area contributed by atoms with Gasteiger partial charge in [-0.3, -0.25) is 4.90 Å². The van der Waals surface area contributed by atoms with Crippen LogP contribution >= 0.6 is 0 Å². The minimum atomic E-state index is -3.44. The fourth-order valence-electron chi connectivity index (χ4n) is 3.89. The Kier molecular flexibility index (Phi) is 5.80. The predicted molar refractivity (Wildman–Crippen MR) is 105 cm³/mol. The molecule has 140 valence electrons.